The summed E-state index contributed by atoms with van der Waals surface area (Å²) >= 11 is 0. The minimum atomic E-state index is 0.925. The summed E-state index contributed by atoms with van der Waals surface area (Å²) in [7, 11) is 0. The minimum absolute atomic E-state index is 0.925. The highest BCUT2D eigenvalue weighted by Gasteiger charge is 2.17. The normalized spacial score (nSPS) is 12.0. The van der Waals surface area contributed by atoms with E-state index in [4.69, 9.17) is 4.42 Å². The van der Waals surface area contributed by atoms with Gasteiger partial charge in [-0.3, -0.25) is 0 Å². The lowest BCUT2D eigenvalue weighted by Crippen LogP contribution is -1.90. The van der Waals surface area contributed by atoms with Gasteiger partial charge in [0, 0.05) is 16.3 Å². The predicted molar refractivity (Wildman–Crippen MR) is 191 cm³/mol. The van der Waals surface area contributed by atoms with Crippen LogP contribution in [0.3, 0.4) is 0 Å². The average Bonchev–Trinajstić information content (AvgIpc) is 3.49. The Kier molecular flexibility index (Phi) is 5.06. The zero-order valence-electron chi connectivity index (χ0n) is 24.4. The Morgan fingerprint density at radius 2 is 0.911 bits per heavy atom. The smallest absolute Gasteiger partial charge is 0.143 e. The van der Waals surface area contributed by atoms with Gasteiger partial charge in [0.15, 0.2) is 0 Å². The lowest BCUT2D eigenvalue weighted by molar-refractivity contribution is 0.670. The molecule has 0 aliphatic carbocycles. The molecule has 0 fully saturated rings. The Hall–Kier alpha value is -5.92. The van der Waals surface area contributed by atoms with E-state index in [2.05, 4.69) is 152 Å². The van der Waals surface area contributed by atoms with E-state index in [-0.39, 0.29) is 0 Å². The Balaban J connectivity index is 1.20. The van der Waals surface area contributed by atoms with Crippen LogP contribution in [-0.4, -0.2) is 0 Å². The molecule has 0 amide bonds. The van der Waals surface area contributed by atoms with Crippen LogP contribution in [0.15, 0.2) is 162 Å². The molecular weight excluding hydrogens is 544 g/mol. The number of hydrogen-bond acceptors (Lipinski definition) is 1. The molecule has 0 spiro atoms. The topological polar surface area (TPSA) is 13.1 Å². The zero-order valence-corrected chi connectivity index (χ0v) is 24.4. The highest BCUT2D eigenvalue weighted by atomic mass is 16.3. The summed E-state index contributed by atoms with van der Waals surface area (Å²) in [5.41, 5.74) is 9.20. The second-order valence-corrected chi connectivity index (χ2v) is 12.0. The standard InChI is InChI=1S/C44H26O/c1-2-9-27(10-3-1)32-12-6-15-35-34(32)14-8-16-36(35)37-23-21-28-19-20-29-25-31(26-30-22-24-39(37)43(28)42(29)30)33-13-7-17-40-38-11-4-5-18-41(38)45-44(33)40/h1-26H. The third kappa shape index (κ3) is 3.56. The van der Waals surface area contributed by atoms with E-state index in [1.807, 2.05) is 6.07 Å². The Morgan fingerprint density at radius 3 is 1.76 bits per heavy atom. The molecule has 0 radical (unpaired) electrons. The van der Waals surface area contributed by atoms with Gasteiger partial charge in [0.05, 0.1) is 0 Å². The lowest BCUT2D eigenvalue weighted by Gasteiger charge is -2.17. The summed E-state index contributed by atoms with van der Waals surface area (Å²) in [6.07, 6.45) is 0. The van der Waals surface area contributed by atoms with Crippen molar-refractivity contribution < 1.29 is 4.42 Å². The van der Waals surface area contributed by atoms with Gasteiger partial charge in [0.2, 0.25) is 0 Å². The van der Waals surface area contributed by atoms with Crippen molar-refractivity contribution in [2.75, 3.05) is 0 Å². The zero-order chi connectivity index (χ0) is 29.5. The number of furan rings is 1. The Morgan fingerprint density at radius 1 is 0.311 bits per heavy atom. The van der Waals surface area contributed by atoms with E-state index in [9.17, 15) is 0 Å². The molecule has 208 valence electrons. The molecule has 0 atom stereocenters. The van der Waals surface area contributed by atoms with Crippen molar-refractivity contribution in [3.63, 3.8) is 0 Å². The van der Waals surface area contributed by atoms with Crippen LogP contribution in [0.1, 0.15) is 0 Å². The third-order valence-electron chi connectivity index (χ3n) is 9.61. The molecule has 1 nitrogen and oxygen atoms in total. The number of fused-ring (bicyclic) bond motifs is 4. The quantitative estimate of drug-likeness (QED) is 0.193. The molecule has 1 aromatic heterocycles. The fourth-order valence-electron chi connectivity index (χ4n) is 7.60. The molecule has 0 unspecified atom stereocenters. The van der Waals surface area contributed by atoms with Gasteiger partial charge >= 0.3 is 0 Å². The molecule has 0 aliphatic heterocycles. The van der Waals surface area contributed by atoms with E-state index >= 15 is 0 Å². The first kappa shape index (κ1) is 24.5. The van der Waals surface area contributed by atoms with Crippen molar-refractivity contribution >= 4 is 65.0 Å². The Labute approximate surface area is 259 Å². The minimum Gasteiger partial charge on any atom is -0.455 e. The highest BCUT2D eigenvalue weighted by Crippen LogP contribution is 2.44. The number of benzene rings is 9. The number of hydrogen-bond donors (Lipinski definition) is 0. The molecule has 1 heterocycles. The monoisotopic (exact) mass is 570 g/mol. The fourth-order valence-corrected chi connectivity index (χ4v) is 7.60. The van der Waals surface area contributed by atoms with Crippen LogP contribution in [0.2, 0.25) is 0 Å². The molecule has 0 aliphatic rings. The van der Waals surface area contributed by atoms with Gasteiger partial charge in [-0.25, -0.2) is 0 Å². The van der Waals surface area contributed by atoms with Crippen molar-refractivity contribution in [3.8, 4) is 33.4 Å². The van der Waals surface area contributed by atoms with Gasteiger partial charge < -0.3 is 4.42 Å². The van der Waals surface area contributed by atoms with Gasteiger partial charge in [-0.05, 0) is 89.1 Å². The predicted octanol–water partition coefficient (Wildman–Crippen LogP) is 12.6. The molecule has 9 aromatic carbocycles. The van der Waals surface area contributed by atoms with E-state index in [1.54, 1.807) is 0 Å². The molecule has 0 saturated heterocycles. The van der Waals surface area contributed by atoms with Crippen LogP contribution in [0.25, 0.3) is 98.4 Å². The largest absolute Gasteiger partial charge is 0.455 e. The molecule has 0 N–H and O–H groups in total. The maximum Gasteiger partial charge on any atom is 0.143 e. The van der Waals surface area contributed by atoms with Crippen molar-refractivity contribution in [2.24, 2.45) is 0 Å². The average molecular weight is 571 g/mol. The fraction of sp³-hybridized carbons (Fsp3) is 0. The van der Waals surface area contributed by atoms with E-state index in [0.717, 1.165) is 27.5 Å². The van der Waals surface area contributed by atoms with Crippen LogP contribution in [0, 0.1) is 0 Å². The molecular formula is C44H26O. The van der Waals surface area contributed by atoms with Gasteiger partial charge in [-0.15, -0.1) is 0 Å². The van der Waals surface area contributed by atoms with Crippen LogP contribution in [-0.2, 0) is 0 Å². The second-order valence-electron chi connectivity index (χ2n) is 12.0. The first-order valence-corrected chi connectivity index (χ1v) is 15.5. The summed E-state index contributed by atoms with van der Waals surface area (Å²) < 4.78 is 6.42. The molecule has 0 bridgehead atoms. The maximum absolute atomic E-state index is 6.42. The van der Waals surface area contributed by atoms with Gasteiger partial charge in [0.25, 0.3) is 0 Å². The van der Waals surface area contributed by atoms with Gasteiger partial charge in [-0.1, -0.05) is 140 Å². The first-order chi connectivity index (χ1) is 22.3. The first-order valence-electron chi connectivity index (χ1n) is 15.5. The van der Waals surface area contributed by atoms with Crippen LogP contribution >= 0.6 is 0 Å². The van der Waals surface area contributed by atoms with Crippen molar-refractivity contribution in [3.05, 3.63) is 158 Å². The maximum atomic E-state index is 6.42. The van der Waals surface area contributed by atoms with Crippen molar-refractivity contribution in [1.82, 2.24) is 0 Å². The molecule has 10 rings (SSSR count). The number of rotatable bonds is 3. The summed E-state index contributed by atoms with van der Waals surface area (Å²) in [6, 6.07) is 57.3. The van der Waals surface area contributed by atoms with Crippen LogP contribution < -0.4 is 0 Å². The second kappa shape index (κ2) is 9.29. The van der Waals surface area contributed by atoms with E-state index in [0.29, 0.717) is 0 Å². The van der Waals surface area contributed by atoms with E-state index < -0.39 is 0 Å². The van der Waals surface area contributed by atoms with Gasteiger partial charge in [-0.2, -0.15) is 0 Å². The van der Waals surface area contributed by atoms with E-state index in [1.165, 1.54) is 70.9 Å². The highest BCUT2D eigenvalue weighted by molar-refractivity contribution is 6.27. The summed E-state index contributed by atoms with van der Waals surface area (Å²) in [5, 5.41) is 12.5. The molecule has 0 saturated carbocycles. The number of para-hydroxylation sites is 2. The summed E-state index contributed by atoms with van der Waals surface area (Å²) in [4.78, 5) is 0. The lowest BCUT2D eigenvalue weighted by atomic mass is 9.86. The molecule has 1 heteroatoms. The van der Waals surface area contributed by atoms with Gasteiger partial charge in [0.1, 0.15) is 11.2 Å². The molecule has 10 aromatic rings. The Bertz CT molecular complexity index is 2730. The SMILES string of the molecule is c1ccc(-c2cccc3c(-c4ccc5ccc6cc(-c7cccc8c7oc7ccccc78)cc7ccc4c5c67)cccc23)cc1. The summed E-state index contributed by atoms with van der Waals surface area (Å²) in [6.45, 7) is 0. The molecule has 45 heavy (non-hydrogen) atoms. The van der Waals surface area contributed by atoms with Crippen molar-refractivity contribution in [1.29, 1.82) is 0 Å². The summed E-state index contributed by atoms with van der Waals surface area (Å²) in [5.74, 6) is 0. The third-order valence-corrected chi connectivity index (χ3v) is 9.61. The van der Waals surface area contributed by atoms with Crippen LogP contribution in [0.5, 0.6) is 0 Å². The van der Waals surface area contributed by atoms with Crippen molar-refractivity contribution in [2.45, 2.75) is 0 Å². The van der Waals surface area contributed by atoms with Crippen LogP contribution in [0.4, 0.5) is 0 Å².